The fourth-order valence-corrected chi connectivity index (χ4v) is 1.14. The number of nitrogens with one attached hydrogen (secondary N) is 1. The van der Waals surface area contributed by atoms with E-state index in [1.165, 1.54) is 0 Å². The third kappa shape index (κ3) is 2.57. The van der Waals surface area contributed by atoms with Gasteiger partial charge in [0.05, 0.1) is 29.5 Å². The van der Waals surface area contributed by atoms with Gasteiger partial charge in [0, 0.05) is 5.69 Å². The Morgan fingerprint density at radius 2 is 2.00 bits per heavy atom. The molecule has 1 aromatic carbocycles. The van der Waals surface area contributed by atoms with Crippen LogP contribution in [-0.2, 0) is 0 Å². The van der Waals surface area contributed by atoms with Crippen molar-refractivity contribution in [2.75, 3.05) is 10.1 Å². The Labute approximate surface area is 80.4 Å². The number of halogens is 1. The number of hydrogen-bond donors (Lipinski definition) is 1. The summed E-state index contributed by atoms with van der Waals surface area (Å²) >= 11 is 2.10. The number of anilines is 1. The summed E-state index contributed by atoms with van der Waals surface area (Å²) in [6.07, 6.45) is 0. The number of rotatable bonds is 3. The summed E-state index contributed by atoms with van der Waals surface area (Å²) < 4.78 is 8.29. The molecule has 0 aliphatic heterocycles. The lowest BCUT2D eigenvalue weighted by Gasteiger charge is -2.02. The molecule has 3 heteroatoms. The first kappa shape index (κ1) is 8.64. The van der Waals surface area contributed by atoms with Crippen LogP contribution < -0.4 is 8.27 Å². The predicted molar refractivity (Wildman–Crippen MR) is 55.3 cm³/mol. The highest BCUT2D eigenvalue weighted by Crippen LogP contribution is 2.16. The van der Waals surface area contributed by atoms with Crippen LogP contribution in [0.15, 0.2) is 24.3 Å². The predicted octanol–water partition coefficient (Wildman–Crippen LogP) is 2.85. The SMILES string of the molecule is CCOc1ccc(NI)cc1. The summed E-state index contributed by atoms with van der Waals surface area (Å²) in [4.78, 5) is 0. The molecule has 0 aliphatic rings. The summed E-state index contributed by atoms with van der Waals surface area (Å²) in [5.41, 5.74) is 1.09. The molecule has 0 bridgehead atoms. The van der Waals surface area contributed by atoms with E-state index in [9.17, 15) is 0 Å². The maximum atomic E-state index is 5.28. The Balaban J connectivity index is 2.66. The molecule has 1 N–H and O–H groups in total. The summed E-state index contributed by atoms with van der Waals surface area (Å²) in [5.74, 6) is 0.919. The van der Waals surface area contributed by atoms with Crippen LogP contribution >= 0.6 is 22.9 Å². The molecule has 0 aliphatic carbocycles. The molecule has 0 saturated heterocycles. The second-order valence-electron chi connectivity index (χ2n) is 2.05. The van der Waals surface area contributed by atoms with Crippen LogP contribution in [0.5, 0.6) is 5.75 Å². The molecule has 2 nitrogen and oxygen atoms in total. The maximum Gasteiger partial charge on any atom is 0.119 e. The largest absolute Gasteiger partial charge is 0.494 e. The van der Waals surface area contributed by atoms with E-state index in [2.05, 4.69) is 26.4 Å². The van der Waals surface area contributed by atoms with E-state index in [4.69, 9.17) is 4.74 Å². The summed E-state index contributed by atoms with van der Waals surface area (Å²) in [6, 6.07) is 7.86. The molecule has 0 fully saturated rings. The first-order chi connectivity index (χ1) is 5.36. The fraction of sp³-hybridized carbons (Fsp3) is 0.250. The van der Waals surface area contributed by atoms with Crippen molar-refractivity contribution >= 4 is 28.6 Å². The van der Waals surface area contributed by atoms with Gasteiger partial charge in [-0.15, -0.1) is 0 Å². The van der Waals surface area contributed by atoms with Crippen molar-refractivity contribution in [3.05, 3.63) is 24.3 Å². The van der Waals surface area contributed by atoms with Gasteiger partial charge in [0.1, 0.15) is 5.75 Å². The Morgan fingerprint density at radius 1 is 1.36 bits per heavy atom. The van der Waals surface area contributed by atoms with E-state index >= 15 is 0 Å². The summed E-state index contributed by atoms with van der Waals surface area (Å²) in [7, 11) is 0. The van der Waals surface area contributed by atoms with Gasteiger partial charge in [-0.1, -0.05) is 0 Å². The Bertz CT molecular complexity index is 210. The van der Waals surface area contributed by atoms with Gasteiger partial charge in [0.15, 0.2) is 0 Å². The van der Waals surface area contributed by atoms with Crippen molar-refractivity contribution in [3.8, 4) is 5.75 Å². The van der Waals surface area contributed by atoms with Crippen LogP contribution in [-0.4, -0.2) is 6.61 Å². The zero-order valence-corrected chi connectivity index (χ0v) is 8.46. The minimum Gasteiger partial charge on any atom is -0.494 e. The molecule has 1 aromatic rings. The molecular weight excluding hydrogens is 253 g/mol. The molecule has 0 spiro atoms. The number of benzene rings is 1. The van der Waals surface area contributed by atoms with Crippen LogP contribution in [0.3, 0.4) is 0 Å². The van der Waals surface area contributed by atoms with Gasteiger partial charge in [-0.3, -0.25) is 0 Å². The van der Waals surface area contributed by atoms with Crippen LogP contribution in [0.4, 0.5) is 5.69 Å². The highest BCUT2D eigenvalue weighted by atomic mass is 127. The molecule has 0 aromatic heterocycles. The highest BCUT2D eigenvalue weighted by molar-refractivity contribution is 14.1. The van der Waals surface area contributed by atoms with Gasteiger partial charge >= 0.3 is 0 Å². The lowest BCUT2D eigenvalue weighted by molar-refractivity contribution is 0.340. The van der Waals surface area contributed by atoms with Crippen LogP contribution in [0.1, 0.15) is 6.92 Å². The monoisotopic (exact) mass is 263 g/mol. The topological polar surface area (TPSA) is 21.3 Å². The molecule has 0 saturated carbocycles. The fourth-order valence-electron chi connectivity index (χ4n) is 0.781. The van der Waals surface area contributed by atoms with Crippen molar-refractivity contribution in [1.82, 2.24) is 0 Å². The van der Waals surface area contributed by atoms with E-state index in [1.807, 2.05) is 31.2 Å². The van der Waals surface area contributed by atoms with E-state index in [1.54, 1.807) is 0 Å². The Hall–Kier alpha value is -0.450. The molecule has 0 atom stereocenters. The van der Waals surface area contributed by atoms with Crippen LogP contribution in [0, 0.1) is 0 Å². The standard InChI is InChI=1S/C8H10INO/c1-2-11-8-5-3-7(10-9)4-6-8/h3-6,10H,2H2,1H3. The van der Waals surface area contributed by atoms with Crippen molar-refractivity contribution in [2.45, 2.75) is 6.92 Å². The zero-order valence-electron chi connectivity index (χ0n) is 6.30. The zero-order chi connectivity index (χ0) is 8.10. The Kier molecular flexibility index (Phi) is 3.48. The summed E-state index contributed by atoms with van der Waals surface area (Å²) in [5, 5.41) is 0. The van der Waals surface area contributed by atoms with Crippen LogP contribution in [0.25, 0.3) is 0 Å². The van der Waals surface area contributed by atoms with Gasteiger partial charge in [0.2, 0.25) is 0 Å². The van der Waals surface area contributed by atoms with E-state index in [0.29, 0.717) is 0 Å². The highest BCUT2D eigenvalue weighted by Gasteiger charge is 1.90. The van der Waals surface area contributed by atoms with Crippen LogP contribution in [0.2, 0.25) is 0 Å². The normalized spacial score (nSPS) is 9.27. The molecule has 60 valence electrons. The van der Waals surface area contributed by atoms with Gasteiger partial charge in [-0.2, -0.15) is 0 Å². The molecule has 0 amide bonds. The molecular formula is C8H10INO. The lowest BCUT2D eigenvalue weighted by atomic mass is 10.3. The van der Waals surface area contributed by atoms with Gasteiger partial charge in [-0.25, -0.2) is 0 Å². The Morgan fingerprint density at radius 3 is 2.45 bits per heavy atom. The smallest absolute Gasteiger partial charge is 0.119 e. The first-order valence-electron chi connectivity index (χ1n) is 3.46. The van der Waals surface area contributed by atoms with E-state index < -0.39 is 0 Å². The average molecular weight is 263 g/mol. The summed E-state index contributed by atoms with van der Waals surface area (Å²) in [6.45, 7) is 2.70. The van der Waals surface area contributed by atoms with Gasteiger partial charge in [0.25, 0.3) is 0 Å². The minimum absolute atomic E-state index is 0.719. The molecule has 0 unspecified atom stereocenters. The van der Waals surface area contributed by atoms with E-state index in [-0.39, 0.29) is 0 Å². The first-order valence-corrected chi connectivity index (χ1v) is 4.54. The molecule has 0 heterocycles. The average Bonchev–Trinajstić information content (AvgIpc) is 2.07. The second kappa shape index (κ2) is 4.43. The van der Waals surface area contributed by atoms with Gasteiger partial charge in [-0.05, 0) is 31.2 Å². The van der Waals surface area contributed by atoms with Crippen molar-refractivity contribution in [2.24, 2.45) is 0 Å². The maximum absolute atomic E-state index is 5.28. The van der Waals surface area contributed by atoms with Gasteiger partial charge < -0.3 is 8.27 Å². The van der Waals surface area contributed by atoms with E-state index in [0.717, 1.165) is 18.0 Å². The third-order valence-electron chi connectivity index (χ3n) is 1.27. The van der Waals surface area contributed by atoms with Crippen molar-refractivity contribution in [1.29, 1.82) is 0 Å². The number of ether oxygens (including phenoxy) is 1. The molecule has 0 radical (unpaired) electrons. The van der Waals surface area contributed by atoms with Crippen molar-refractivity contribution in [3.63, 3.8) is 0 Å². The third-order valence-corrected chi connectivity index (χ3v) is 1.90. The number of hydrogen-bond acceptors (Lipinski definition) is 2. The molecule has 11 heavy (non-hydrogen) atoms. The van der Waals surface area contributed by atoms with Crippen molar-refractivity contribution < 1.29 is 4.74 Å². The minimum atomic E-state index is 0.719. The second-order valence-corrected chi connectivity index (χ2v) is 2.59. The molecule has 1 rings (SSSR count). The lowest BCUT2D eigenvalue weighted by Crippen LogP contribution is -1.90. The quantitative estimate of drug-likeness (QED) is 0.668.